The van der Waals surface area contributed by atoms with Crippen LogP contribution in [0.25, 0.3) is 5.57 Å². The number of phenolic OH excluding ortho intramolecular Hbond substituents is 2. The van der Waals surface area contributed by atoms with Crippen LogP contribution in [0.15, 0.2) is 65.8 Å². The minimum absolute atomic E-state index is 0.0139. The number of para-hydroxylation sites is 1. The maximum Gasteiger partial charge on any atom is 0.347 e. The topological polar surface area (TPSA) is 96.3 Å². The van der Waals surface area contributed by atoms with Gasteiger partial charge in [-0.15, -0.1) is 0 Å². The fourth-order valence-electron chi connectivity index (χ4n) is 5.41. The van der Waals surface area contributed by atoms with E-state index in [4.69, 9.17) is 14.9 Å². The highest BCUT2D eigenvalue weighted by Gasteiger charge is 2.37. The Bertz CT molecular complexity index is 1350. The van der Waals surface area contributed by atoms with Gasteiger partial charge < -0.3 is 24.6 Å². The minimum Gasteiger partial charge on any atom is -0.508 e. The summed E-state index contributed by atoms with van der Waals surface area (Å²) in [5, 5.41) is 18.0. The number of fused-ring (bicyclic) bond motifs is 4. The fraction of sp³-hybridized carbons (Fsp3) is 0.310. The smallest absolute Gasteiger partial charge is 0.347 e. The van der Waals surface area contributed by atoms with E-state index in [2.05, 4.69) is 73.0 Å². The average Bonchev–Trinajstić information content (AvgIpc) is 3.25. The van der Waals surface area contributed by atoms with Gasteiger partial charge in [0.2, 0.25) is 0 Å². The molecule has 7 nitrogen and oxygen atoms in total. The molecule has 6 rings (SSSR count). The van der Waals surface area contributed by atoms with E-state index in [0.29, 0.717) is 12.5 Å². The highest BCUT2D eigenvalue weighted by atomic mass is 16.6. The van der Waals surface area contributed by atoms with Crippen LogP contribution in [-0.2, 0) is 9.53 Å². The van der Waals surface area contributed by atoms with Crippen molar-refractivity contribution in [3.8, 4) is 17.2 Å². The summed E-state index contributed by atoms with van der Waals surface area (Å²) >= 11 is 0. The van der Waals surface area contributed by atoms with E-state index >= 15 is 0 Å². The highest BCUT2D eigenvalue weighted by molar-refractivity contribution is 5.99. The Morgan fingerprint density at radius 1 is 1.14 bits per heavy atom. The maximum absolute atomic E-state index is 11.6. The van der Waals surface area contributed by atoms with E-state index in [1.54, 1.807) is 0 Å². The first kappa shape index (κ1) is 23.7. The zero-order valence-electron chi connectivity index (χ0n) is 20.6. The Hall–Kier alpha value is -4.00. The molecular formula is C29H29NO6. The van der Waals surface area contributed by atoms with Gasteiger partial charge in [0.1, 0.15) is 16.9 Å². The van der Waals surface area contributed by atoms with Gasteiger partial charge in [0.05, 0.1) is 6.04 Å². The first-order valence-electron chi connectivity index (χ1n) is 12.1. The number of carbonyl (C=O) groups excluding carboxylic acids is 2. The van der Waals surface area contributed by atoms with Crippen LogP contribution in [0.4, 0.5) is 5.69 Å². The van der Waals surface area contributed by atoms with Crippen LogP contribution in [0.3, 0.4) is 0 Å². The summed E-state index contributed by atoms with van der Waals surface area (Å²) in [6.07, 6.45) is 9.79. The number of rotatable bonds is 3. The van der Waals surface area contributed by atoms with Gasteiger partial charge in [-0.3, -0.25) is 4.79 Å². The number of anilines is 1. The lowest BCUT2D eigenvalue weighted by Crippen LogP contribution is -2.38. The van der Waals surface area contributed by atoms with E-state index in [1.807, 2.05) is 0 Å². The minimum atomic E-state index is -0.627. The Kier molecular flexibility index (Phi) is 5.86. The van der Waals surface area contributed by atoms with Gasteiger partial charge >= 0.3 is 11.9 Å². The van der Waals surface area contributed by atoms with Gasteiger partial charge in [0.15, 0.2) is 11.5 Å². The Balaban J connectivity index is 0.000000202. The van der Waals surface area contributed by atoms with Crippen molar-refractivity contribution in [2.45, 2.75) is 51.2 Å². The first-order chi connectivity index (χ1) is 17.2. The molecule has 2 aromatic rings. The molecule has 0 amide bonds. The van der Waals surface area contributed by atoms with E-state index in [9.17, 15) is 9.59 Å². The number of cyclic esters (lactones) is 1. The summed E-state index contributed by atoms with van der Waals surface area (Å²) in [5.74, 6) is -0.951. The van der Waals surface area contributed by atoms with Crippen LogP contribution in [0.1, 0.15) is 55.5 Å². The third-order valence-electron chi connectivity index (χ3n) is 7.31. The normalized spacial score (nSPS) is 23.4. The number of hydrogen-bond donors (Lipinski definition) is 2. The first-order valence-corrected chi connectivity index (χ1v) is 12.1. The maximum atomic E-state index is 11.6. The summed E-state index contributed by atoms with van der Waals surface area (Å²) in [6.45, 7) is 4.28. The van der Waals surface area contributed by atoms with Crippen molar-refractivity contribution in [3.63, 3.8) is 0 Å². The number of phenols is 2. The molecule has 4 aliphatic rings. The third kappa shape index (κ3) is 4.15. The molecule has 1 saturated heterocycles. The van der Waals surface area contributed by atoms with E-state index in [1.165, 1.54) is 34.0 Å². The molecule has 0 radical (unpaired) electrons. The Morgan fingerprint density at radius 3 is 2.64 bits per heavy atom. The summed E-state index contributed by atoms with van der Waals surface area (Å²) in [5.41, 5.74) is 6.43. The number of allylic oxidation sites excluding steroid dienone is 3. The molecule has 0 saturated carbocycles. The SMILES string of the molecule is CC1=CC=CC2=C(CCC3(C)CCC(=O)O3)c3ccccc3N(C)C12.O=C1Oc2cc(O)cc1c2O. The van der Waals surface area contributed by atoms with Gasteiger partial charge in [-0.25, -0.2) is 4.79 Å². The number of esters is 2. The Labute approximate surface area is 210 Å². The summed E-state index contributed by atoms with van der Waals surface area (Å²) < 4.78 is 10.2. The molecule has 3 heterocycles. The van der Waals surface area contributed by atoms with Crippen molar-refractivity contribution in [2.75, 3.05) is 11.9 Å². The molecule has 7 heteroatoms. The molecule has 1 fully saturated rings. The number of aromatic hydroxyl groups is 2. The molecular weight excluding hydrogens is 458 g/mol. The molecule has 1 aliphatic carbocycles. The molecule has 0 spiro atoms. The predicted octanol–water partition coefficient (Wildman–Crippen LogP) is 5.28. The molecule has 36 heavy (non-hydrogen) atoms. The van der Waals surface area contributed by atoms with Gasteiger partial charge in [0.25, 0.3) is 0 Å². The summed E-state index contributed by atoms with van der Waals surface area (Å²) in [4.78, 5) is 24.7. The van der Waals surface area contributed by atoms with Crippen LogP contribution >= 0.6 is 0 Å². The van der Waals surface area contributed by atoms with Gasteiger partial charge in [-0.1, -0.05) is 36.4 Å². The number of nitrogens with zero attached hydrogens (tertiary/aromatic N) is 1. The van der Waals surface area contributed by atoms with Crippen molar-refractivity contribution in [1.82, 2.24) is 0 Å². The summed E-state index contributed by atoms with van der Waals surface area (Å²) in [7, 11) is 2.18. The second-order valence-corrected chi connectivity index (χ2v) is 9.89. The van der Waals surface area contributed by atoms with Gasteiger partial charge in [-0.2, -0.15) is 0 Å². The van der Waals surface area contributed by atoms with Crippen molar-refractivity contribution in [2.24, 2.45) is 0 Å². The number of carbonyl (C=O) groups is 2. The fourth-order valence-corrected chi connectivity index (χ4v) is 5.41. The van der Waals surface area contributed by atoms with E-state index in [0.717, 1.165) is 25.3 Å². The van der Waals surface area contributed by atoms with E-state index < -0.39 is 5.97 Å². The standard InChI is InChI=1S/C22H25NO2.C7H4O4/c1-15-7-6-9-18-16(11-13-22(2)14-12-20(24)25-22)17-8-4-5-10-19(17)23(3)21(15)18;8-3-1-4-6(9)5(2-3)11-7(4)10/h4-10,21H,11-14H2,1-3H3;1-2,8-9H. The van der Waals surface area contributed by atoms with Crippen LogP contribution in [0.2, 0.25) is 0 Å². The van der Waals surface area contributed by atoms with Crippen LogP contribution in [0.5, 0.6) is 17.2 Å². The third-order valence-corrected chi connectivity index (χ3v) is 7.31. The molecule has 2 atom stereocenters. The molecule has 2 unspecified atom stereocenters. The number of ether oxygens (including phenoxy) is 2. The average molecular weight is 488 g/mol. The quantitative estimate of drug-likeness (QED) is 0.449. The van der Waals surface area contributed by atoms with E-state index in [-0.39, 0.29) is 34.4 Å². The number of hydrogen-bond acceptors (Lipinski definition) is 7. The number of likely N-dealkylation sites (N-methyl/N-ethyl adjacent to an activating group) is 1. The second kappa shape index (κ2) is 8.90. The lowest BCUT2D eigenvalue weighted by molar-refractivity contribution is -0.147. The Morgan fingerprint density at radius 2 is 1.92 bits per heavy atom. The largest absolute Gasteiger partial charge is 0.508 e. The highest BCUT2D eigenvalue weighted by Crippen LogP contribution is 2.45. The summed E-state index contributed by atoms with van der Waals surface area (Å²) in [6, 6.07) is 11.3. The lowest BCUT2D eigenvalue weighted by atomic mass is 9.80. The van der Waals surface area contributed by atoms with Crippen LogP contribution < -0.4 is 9.64 Å². The molecule has 186 valence electrons. The molecule has 0 aromatic heterocycles. The zero-order valence-corrected chi connectivity index (χ0v) is 20.6. The zero-order chi connectivity index (χ0) is 25.6. The molecule has 2 aromatic carbocycles. The lowest BCUT2D eigenvalue weighted by Gasteiger charge is -2.40. The molecule has 2 bridgehead atoms. The predicted molar refractivity (Wildman–Crippen MR) is 136 cm³/mol. The van der Waals surface area contributed by atoms with Crippen molar-refractivity contribution in [3.05, 3.63) is 76.9 Å². The van der Waals surface area contributed by atoms with Crippen molar-refractivity contribution >= 4 is 23.2 Å². The van der Waals surface area contributed by atoms with Crippen LogP contribution in [-0.4, -0.2) is 40.8 Å². The molecule has 2 N–H and O–H groups in total. The number of benzene rings is 2. The van der Waals surface area contributed by atoms with Gasteiger partial charge in [-0.05, 0) is 62.0 Å². The second-order valence-electron chi connectivity index (χ2n) is 9.89. The van der Waals surface area contributed by atoms with Gasteiger partial charge in [0, 0.05) is 30.8 Å². The monoisotopic (exact) mass is 487 g/mol. The molecule has 3 aliphatic heterocycles. The van der Waals surface area contributed by atoms with Crippen molar-refractivity contribution < 1.29 is 29.3 Å². The van der Waals surface area contributed by atoms with Crippen molar-refractivity contribution in [1.29, 1.82) is 0 Å². The van der Waals surface area contributed by atoms with Crippen LogP contribution in [0, 0.1) is 0 Å².